The van der Waals surface area contributed by atoms with Gasteiger partial charge < -0.3 is 4.90 Å². The molecule has 0 heterocycles. The summed E-state index contributed by atoms with van der Waals surface area (Å²) in [7, 11) is 4.07. The van der Waals surface area contributed by atoms with Crippen molar-refractivity contribution >= 4 is 5.69 Å². The van der Waals surface area contributed by atoms with Gasteiger partial charge in [0.25, 0.3) is 0 Å². The Morgan fingerprint density at radius 1 is 0.889 bits per heavy atom. The minimum Gasteiger partial charge on any atom is -0.378 e. The standard InChI is InChI=1S/C15H19N3/c1-18(2)14-10-8-13(9-11-14)15(17-16)12-6-4-3-5-7-12/h3-11,15,17H,16H2,1-2H3/t15-/m1/s1. The van der Waals surface area contributed by atoms with Gasteiger partial charge in [0.05, 0.1) is 6.04 Å². The van der Waals surface area contributed by atoms with E-state index in [9.17, 15) is 0 Å². The average Bonchev–Trinajstić information content (AvgIpc) is 2.41. The molecule has 2 aromatic rings. The summed E-state index contributed by atoms with van der Waals surface area (Å²) in [4.78, 5) is 2.08. The van der Waals surface area contributed by atoms with Crippen LogP contribution in [-0.4, -0.2) is 14.1 Å². The highest BCUT2D eigenvalue weighted by Gasteiger charge is 2.11. The lowest BCUT2D eigenvalue weighted by Gasteiger charge is -2.18. The lowest BCUT2D eigenvalue weighted by molar-refractivity contribution is 0.637. The third kappa shape index (κ3) is 2.70. The van der Waals surface area contributed by atoms with Gasteiger partial charge in [-0.1, -0.05) is 42.5 Å². The van der Waals surface area contributed by atoms with E-state index >= 15 is 0 Å². The highest BCUT2D eigenvalue weighted by atomic mass is 15.2. The van der Waals surface area contributed by atoms with Gasteiger partial charge in [-0.2, -0.15) is 0 Å². The number of nitrogens with one attached hydrogen (secondary N) is 1. The SMILES string of the molecule is CN(C)c1ccc([C@H](NN)c2ccccc2)cc1. The first-order valence-electron chi connectivity index (χ1n) is 6.00. The van der Waals surface area contributed by atoms with Crippen molar-refractivity contribution in [3.8, 4) is 0 Å². The maximum absolute atomic E-state index is 5.67. The molecule has 18 heavy (non-hydrogen) atoms. The minimum absolute atomic E-state index is 0.0300. The zero-order valence-electron chi connectivity index (χ0n) is 10.8. The molecule has 0 bridgehead atoms. The van der Waals surface area contributed by atoms with Crippen molar-refractivity contribution in [1.82, 2.24) is 5.43 Å². The molecule has 0 spiro atoms. The van der Waals surface area contributed by atoms with E-state index in [-0.39, 0.29) is 6.04 Å². The van der Waals surface area contributed by atoms with Gasteiger partial charge in [-0.05, 0) is 23.3 Å². The Morgan fingerprint density at radius 2 is 1.44 bits per heavy atom. The van der Waals surface area contributed by atoms with Crippen molar-refractivity contribution < 1.29 is 0 Å². The van der Waals surface area contributed by atoms with Crippen molar-refractivity contribution in [2.24, 2.45) is 5.84 Å². The molecular formula is C15H19N3. The molecule has 0 radical (unpaired) electrons. The summed E-state index contributed by atoms with van der Waals surface area (Å²) in [6, 6.07) is 18.6. The highest BCUT2D eigenvalue weighted by Crippen LogP contribution is 2.23. The Balaban J connectivity index is 2.28. The van der Waals surface area contributed by atoms with E-state index in [4.69, 9.17) is 5.84 Å². The molecule has 0 aliphatic carbocycles. The number of hydrogen-bond donors (Lipinski definition) is 2. The zero-order chi connectivity index (χ0) is 13.0. The summed E-state index contributed by atoms with van der Waals surface area (Å²) >= 11 is 0. The van der Waals surface area contributed by atoms with Crippen LogP contribution in [0.2, 0.25) is 0 Å². The first-order chi connectivity index (χ1) is 8.72. The van der Waals surface area contributed by atoms with Gasteiger partial charge in [-0.15, -0.1) is 0 Å². The van der Waals surface area contributed by atoms with Crippen LogP contribution in [0, 0.1) is 0 Å². The van der Waals surface area contributed by atoms with E-state index in [0.29, 0.717) is 0 Å². The van der Waals surface area contributed by atoms with Gasteiger partial charge in [0.15, 0.2) is 0 Å². The van der Waals surface area contributed by atoms with Crippen LogP contribution in [0.1, 0.15) is 17.2 Å². The quantitative estimate of drug-likeness (QED) is 0.637. The fourth-order valence-electron chi connectivity index (χ4n) is 2.00. The fraction of sp³-hybridized carbons (Fsp3) is 0.200. The number of hydrogen-bond acceptors (Lipinski definition) is 3. The number of nitrogens with two attached hydrogens (primary N) is 1. The largest absolute Gasteiger partial charge is 0.378 e. The molecule has 0 fully saturated rings. The molecule has 0 saturated heterocycles. The smallest absolute Gasteiger partial charge is 0.0710 e. The summed E-state index contributed by atoms with van der Waals surface area (Å²) in [5.74, 6) is 5.67. The van der Waals surface area contributed by atoms with E-state index in [1.54, 1.807) is 0 Å². The molecule has 2 rings (SSSR count). The molecule has 0 unspecified atom stereocenters. The van der Waals surface area contributed by atoms with Gasteiger partial charge in [0.1, 0.15) is 0 Å². The normalized spacial score (nSPS) is 12.2. The third-order valence-corrected chi connectivity index (χ3v) is 3.04. The minimum atomic E-state index is 0.0300. The summed E-state index contributed by atoms with van der Waals surface area (Å²) in [6.07, 6.45) is 0. The second kappa shape index (κ2) is 5.67. The van der Waals surface area contributed by atoms with Crippen LogP contribution in [-0.2, 0) is 0 Å². The van der Waals surface area contributed by atoms with E-state index < -0.39 is 0 Å². The van der Waals surface area contributed by atoms with E-state index in [0.717, 1.165) is 11.1 Å². The third-order valence-electron chi connectivity index (χ3n) is 3.04. The summed E-state index contributed by atoms with van der Waals surface area (Å²) in [5, 5.41) is 0. The molecule has 0 aromatic heterocycles. The van der Waals surface area contributed by atoms with Crippen LogP contribution < -0.4 is 16.2 Å². The van der Waals surface area contributed by atoms with Crippen LogP contribution in [0.3, 0.4) is 0 Å². The Morgan fingerprint density at radius 3 is 1.94 bits per heavy atom. The maximum atomic E-state index is 5.67. The number of anilines is 1. The second-order valence-corrected chi connectivity index (χ2v) is 4.50. The van der Waals surface area contributed by atoms with Gasteiger partial charge in [0, 0.05) is 19.8 Å². The lowest BCUT2D eigenvalue weighted by atomic mass is 9.99. The van der Waals surface area contributed by atoms with Crippen LogP contribution in [0.4, 0.5) is 5.69 Å². The van der Waals surface area contributed by atoms with Gasteiger partial charge in [-0.3, -0.25) is 5.84 Å². The van der Waals surface area contributed by atoms with Crippen LogP contribution >= 0.6 is 0 Å². The Hall–Kier alpha value is -1.84. The summed E-state index contributed by atoms with van der Waals surface area (Å²) in [5.41, 5.74) is 6.38. The predicted octanol–water partition coefficient (Wildman–Crippen LogP) is 2.31. The van der Waals surface area contributed by atoms with Crippen molar-refractivity contribution in [2.45, 2.75) is 6.04 Å². The van der Waals surface area contributed by atoms with Crippen LogP contribution in [0.15, 0.2) is 54.6 Å². The second-order valence-electron chi connectivity index (χ2n) is 4.50. The van der Waals surface area contributed by atoms with Crippen molar-refractivity contribution in [3.05, 3.63) is 65.7 Å². The van der Waals surface area contributed by atoms with Crippen molar-refractivity contribution in [3.63, 3.8) is 0 Å². The molecule has 0 amide bonds. The first kappa shape index (κ1) is 12.6. The number of rotatable bonds is 4. The average molecular weight is 241 g/mol. The van der Waals surface area contributed by atoms with E-state index in [1.165, 1.54) is 5.69 Å². The summed E-state index contributed by atoms with van der Waals surface area (Å²) in [6.45, 7) is 0. The van der Waals surface area contributed by atoms with Crippen LogP contribution in [0.25, 0.3) is 0 Å². The molecular weight excluding hydrogens is 222 g/mol. The molecule has 0 aliphatic heterocycles. The summed E-state index contributed by atoms with van der Waals surface area (Å²) < 4.78 is 0. The molecule has 3 N–H and O–H groups in total. The predicted molar refractivity (Wildman–Crippen MR) is 76.4 cm³/mol. The monoisotopic (exact) mass is 241 g/mol. The molecule has 3 nitrogen and oxygen atoms in total. The molecule has 2 aromatic carbocycles. The maximum Gasteiger partial charge on any atom is 0.0710 e. The van der Waals surface area contributed by atoms with Gasteiger partial charge >= 0.3 is 0 Å². The molecule has 94 valence electrons. The Bertz CT molecular complexity index is 477. The lowest BCUT2D eigenvalue weighted by Crippen LogP contribution is -2.28. The number of nitrogens with zero attached hydrogens (tertiary/aromatic N) is 1. The fourth-order valence-corrected chi connectivity index (χ4v) is 2.00. The molecule has 0 saturated carbocycles. The topological polar surface area (TPSA) is 41.3 Å². The first-order valence-corrected chi connectivity index (χ1v) is 6.00. The van der Waals surface area contributed by atoms with E-state index in [2.05, 4.69) is 46.7 Å². The van der Waals surface area contributed by atoms with E-state index in [1.807, 2.05) is 32.3 Å². The number of hydrazine groups is 1. The van der Waals surface area contributed by atoms with Crippen LogP contribution in [0.5, 0.6) is 0 Å². The highest BCUT2D eigenvalue weighted by molar-refractivity contribution is 5.47. The van der Waals surface area contributed by atoms with Gasteiger partial charge in [-0.25, -0.2) is 5.43 Å². The molecule has 0 aliphatic rings. The van der Waals surface area contributed by atoms with Crippen molar-refractivity contribution in [2.75, 3.05) is 19.0 Å². The van der Waals surface area contributed by atoms with Gasteiger partial charge in [0.2, 0.25) is 0 Å². The molecule has 1 atom stereocenters. The number of benzene rings is 2. The Labute approximate surface area is 108 Å². The zero-order valence-corrected chi connectivity index (χ0v) is 10.8. The van der Waals surface area contributed by atoms with Crippen molar-refractivity contribution in [1.29, 1.82) is 0 Å². The molecule has 3 heteroatoms. The Kier molecular flexibility index (Phi) is 3.97.